The van der Waals surface area contributed by atoms with Crippen molar-refractivity contribution in [1.29, 1.82) is 0 Å². The quantitative estimate of drug-likeness (QED) is 0.392. The average molecular weight is 366 g/mol. The summed E-state index contributed by atoms with van der Waals surface area (Å²) in [5.41, 5.74) is -0.320. The number of esters is 1. The number of halogens is 4. The van der Waals surface area contributed by atoms with Crippen molar-refractivity contribution in [2.24, 2.45) is 5.92 Å². The molecule has 0 saturated heterocycles. The van der Waals surface area contributed by atoms with Crippen LogP contribution in [-0.4, -0.2) is 5.97 Å². The number of benzene rings is 2. The van der Waals surface area contributed by atoms with Crippen molar-refractivity contribution < 1.29 is 27.1 Å². The lowest BCUT2D eigenvalue weighted by Gasteiger charge is -2.26. The molecule has 2 nitrogen and oxygen atoms in total. The molecule has 1 saturated carbocycles. The van der Waals surface area contributed by atoms with E-state index in [0.717, 1.165) is 49.9 Å². The fourth-order valence-corrected chi connectivity index (χ4v) is 3.32. The van der Waals surface area contributed by atoms with Gasteiger partial charge in [-0.3, -0.25) is 0 Å². The molecule has 0 aromatic heterocycles. The second-order valence-corrected chi connectivity index (χ2v) is 6.78. The minimum Gasteiger partial charge on any atom is -0.423 e. The van der Waals surface area contributed by atoms with Crippen molar-refractivity contribution in [3.05, 3.63) is 64.7 Å². The van der Waals surface area contributed by atoms with Crippen LogP contribution >= 0.6 is 0 Å². The van der Waals surface area contributed by atoms with Crippen LogP contribution in [-0.2, 0) is 0 Å². The van der Waals surface area contributed by atoms with Gasteiger partial charge in [-0.25, -0.2) is 22.4 Å². The molecule has 0 radical (unpaired) electrons. The zero-order chi connectivity index (χ0) is 18.8. The summed E-state index contributed by atoms with van der Waals surface area (Å²) in [4.78, 5) is 12.1. The van der Waals surface area contributed by atoms with Gasteiger partial charge in [0.15, 0.2) is 11.6 Å². The SMILES string of the molecule is CC1CCC(c2cc(F)c(C(=O)Oc3ccc(F)c(F)c3)c(F)c2)CC1. The molecule has 26 heavy (non-hydrogen) atoms. The minimum atomic E-state index is -1.30. The molecule has 0 aliphatic heterocycles. The lowest BCUT2D eigenvalue weighted by atomic mass is 9.79. The summed E-state index contributed by atoms with van der Waals surface area (Å²) in [6.45, 7) is 2.15. The van der Waals surface area contributed by atoms with E-state index in [9.17, 15) is 22.4 Å². The summed E-state index contributed by atoms with van der Waals surface area (Å²) < 4.78 is 59.6. The van der Waals surface area contributed by atoms with Gasteiger partial charge in [-0.15, -0.1) is 0 Å². The third-order valence-corrected chi connectivity index (χ3v) is 4.86. The molecule has 0 N–H and O–H groups in total. The molecule has 6 heteroatoms. The maximum atomic E-state index is 14.4. The monoisotopic (exact) mass is 366 g/mol. The maximum absolute atomic E-state index is 14.4. The van der Waals surface area contributed by atoms with Crippen LogP contribution in [0.1, 0.15) is 54.4 Å². The van der Waals surface area contributed by atoms with Crippen LogP contribution in [0.3, 0.4) is 0 Å². The Labute approximate surface area is 148 Å². The molecule has 138 valence electrons. The molecule has 2 aromatic carbocycles. The molecule has 1 fully saturated rings. The third kappa shape index (κ3) is 3.89. The average Bonchev–Trinajstić information content (AvgIpc) is 2.58. The van der Waals surface area contributed by atoms with E-state index < -0.39 is 34.8 Å². The van der Waals surface area contributed by atoms with Crippen LogP contribution in [0.15, 0.2) is 30.3 Å². The molecule has 0 amide bonds. The first-order valence-corrected chi connectivity index (χ1v) is 8.51. The normalized spacial score (nSPS) is 20.0. The first kappa shape index (κ1) is 18.4. The molecular weight excluding hydrogens is 348 g/mol. The highest BCUT2D eigenvalue weighted by molar-refractivity contribution is 5.91. The van der Waals surface area contributed by atoms with Gasteiger partial charge in [-0.1, -0.05) is 19.8 Å². The summed E-state index contributed by atoms with van der Waals surface area (Å²) in [6.07, 6.45) is 3.68. The Balaban J connectivity index is 1.81. The standard InChI is InChI=1S/C20H18F4O2/c1-11-2-4-12(5-3-11)13-8-17(23)19(18(24)9-13)20(25)26-14-6-7-15(21)16(22)10-14/h6-12H,2-5H2,1H3. The van der Waals surface area contributed by atoms with Gasteiger partial charge in [0.1, 0.15) is 22.9 Å². The van der Waals surface area contributed by atoms with E-state index in [1.54, 1.807) is 0 Å². The zero-order valence-corrected chi connectivity index (χ0v) is 14.2. The summed E-state index contributed by atoms with van der Waals surface area (Å²) >= 11 is 0. The van der Waals surface area contributed by atoms with E-state index >= 15 is 0 Å². The predicted molar refractivity (Wildman–Crippen MR) is 88.0 cm³/mol. The minimum absolute atomic E-state index is 0.0615. The molecule has 0 unspecified atom stereocenters. The highest BCUT2D eigenvalue weighted by Crippen LogP contribution is 2.36. The van der Waals surface area contributed by atoms with Crippen LogP contribution in [0.25, 0.3) is 0 Å². The van der Waals surface area contributed by atoms with Crippen LogP contribution < -0.4 is 4.74 Å². The van der Waals surface area contributed by atoms with Gasteiger partial charge in [-0.05, 0) is 54.5 Å². The van der Waals surface area contributed by atoms with Crippen molar-refractivity contribution in [3.63, 3.8) is 0 Å². The predicted octanol–water partition coefficient (Wildman–Crippen LogP) is 5.76. The molecule has 1 aliphatic rings. The van der Waals surface area contributed by atoms with E-state index in [4.69, 9.17) is 4.74 Å². The largest absolute Gasteiger partial charge is 0.423 e. The molecule has 1 aliphatic carbocycles. The number of carbonyl (C=O) groups excluding carboxylic acids is 1. The van der Waals surface area contributed by atoms with Gasteiger partial charge in [-0.2, -0.15) is 0 Å². The highest BCUT2D eigenvalue weighted by atomic mass is 19.2. The Bertz CT molecular complexity index is 804. The van der Waals surface area contributed by atoms with Crippen molar-refractivity contribution in [3.8, 4) is 5.75 Å². The van der Waals surface area contributed by atoms with Gasteiger partial charge >= 0.3 is 5.97 Å². The maximum Gasteiger partial charge on any atom is 0.349 e. The molecular formula is C20H18F4O2. The van der Waals surface area contributed by atoms with E-state index in [0.29, 0.717) is 17.5 Å². The summed E-state index contributed by atoms with van der Waals surface area (Å²) in [7, 11) is 0. The van der Waals surface area contributed by atoms with Crippen molar-refractivity contribution in [2.75, 3.05) is 0 Å². The number of carbonyl (C=O) groups is 1. The molecule has 0 bridgehead atoms. The van der Waals surface area contributed by atoms with Crippen LogP contribution in [0, 0.1) is 29.2 Å². The summed E-state index contributed by atoms with van der Waals surface area (Å²) in [6, 6.07) is 4.72. The summed E-state index contributed by atoms with van der Waals surface area (Å²) in [5, 5.41) is 0. The van der Waals surface area contributed by atoms with Gasteiger partial charge in [0, 0.05) is 6.07 Å². The Hall–Kier alpha value is -2.37. The first-order valence-electron chi connectivity index (χ1n) is 8.51. The zero-order valence-electron chi connectivity index (χ0n) is 14.2. The van der Waals surface area contributed by atoms with Crippen molar-refractivity contribution in [1.82, 2.24) is 0 Å². The summed E-state index contributed by atoms with van der Waals surface area (Å²) in [5.74, 6) is -5.35. The second kappa shape index (κ2) is 7.48. The van der Waals surface area contributed by atoms with Gasteiger partial charge in [0.05, 0.1) is 0 Å². The number of rotatable bonds is 3. The Kier molecular flexibility index (Phi) is 5.30. The van der Waals surface area contributed by atoms with Crippen molar-refractivity contribution in [2.45, 2.75) is 38.5 Å². The van der Waals surface area contributed by atoms with E-state index in [1.807, 2.05) is 0 Å². The van der Waals surface area contributed by atoms with E-state index in [1.165, 1.54) is 0 Å². The molecule has 3 rings (SSSR count). The third-order valence-electron chi connectivity index (χ3n) is 4.86. The lowest BCUT2D eigenvalue weighted by Crippen LogP contribution is -2.16. The highest BCUT2D eigenvalue weighted by Gasteiger charge is 2.25. The molecule has 0 atom stereocenters. The van der Waals surface area contributed by atoms with Gasteiger partial charge in [0.2, 0.25) is 0 Å². The molecule has 0 heterocycles. The van der Waals surface area contributed by atoms with Gasteiger partial charge < -0.3 is 4.74 Å². The van der Waals surface area contributed by atoms with E-state index in [2.05, 4.69) is 6.92 Å². The fourth-order valence-electron chi connectivity index (χ4n) is 3.32. The smallest absolute Gasteiger partial charge is 0.349 e. The van der Waals surface area contributed by atoms with Crippen LogP contribution in [0.4, 0.5) is 17.6 Å². The molecule has 0 spiro atoms. The van der Waals surface area contributed by atoms with Crippen LogP contribution in [0.5, 0.6) is 5.75 Å². The van der Waals surface area contributed by atoms with Crippen molar-refractivity contribution >= 4 is 5.97 Å². The Morgan fingerprint density at radius 1 is 0.885 bits per heavy atom. The topological polar surface area (TPSA) is 26.3 Å². The molecule has 2 aromatic rings. The van der Waals surface area contributed by atoms with E-state index in [-0.39, 0.29) is 11.7 Å². The van der Waals surface area contributed by atoms with Gasteiger partial charge in [0.25, 0.3) is 0 Å². The fraction of sp³-hybridized carbons (Fsp3) is 0.350. The van der Waals surface area contributed by atoms with Crippen LogP contribution in [0.2, 0.25) is 0 Å². The first-order chi connectivity index (χ1) is 12.3. The Morgan fingerprint density at radius 3 is 2.08 bits per heavy atom. The second-order valence-electron chi connectivity index (χ2n) is 6.78. The lowest BCUT2D eigenvalue weighted by molar-refractivity contribution is 0.0724. The number of hydrogen-bond donors (Lipinski definition) is 0. The number of ether oxygens (including phenoxy) is 1. The number of hydrogen-bond acceptors (Lipinski definition) is 2. The Morgan fingerprint density at radius 2 is 1.50 bits per heavy atom.